The lowest BCUT2D eigenvalue weighted by Crippen LogP contribution is -2.56. The number of imidazole rings is 1. The van der Waals surface area contributed by atoms with Gasteiger partial charge in [-0.2, -0.15) is 0 Å². The number of carbonyl (C=O) groups excluding carboxylic acids is 3. The standard InChI is InChI=1S/C41H54F3N7O5/c1-26-22-33(51(25-26)38(54)56-40(5,6)7)35-45-24-32(47-35)28-10-8-27(9-11-28)31-13-12-29(23-34(31)55-41(42,43)44)46-37(53)50-16-14-30(15-17-50)48-18-20-49(21-19-48)36(52)39(2,3)4/h8-13,23-24,26,30,33H,14-22,25H2,1-7H3,(H,45,47)(H,46,53). The summed E-state index contributed by atoms with van der Waals surface area (Å²) >= 11 is 0. The van der Waals surface area contributed by atoms with E-state index in [-0.39, 0.29) is 29.1 Å². The van der Waals surface area contributed by atoms with Crippen LogP contribution in [-0.2, 0) is 9.53 Å². The van der Waals surface area contributed by atoms with Gasteiger partial charge in [0.2, 0.25) is 5.91 Å². The molecule has 2 N–H and O–H groups in total. The fraction of sp³-hybridized carbons (Fsp3) is 0.561. The molecule has 0 spiro atoms. The summed E-state index contributed by atoms with van der Waals surface area (Å²) in [6, 6.07) is 10.8. The van der Waals surface area contributed by atoms with Crippen molar-refractivity contribution in [3.05, 3.63) is 54.5 Å². The quantitative estimate of drug-likeness (QED) is 0.259. The van der Waals surface area contributed by atoms with Crippen LogP contribution in [0.5, 0.6) is 5.75 Å². The lowest BCUT2D eigenvalue weighted by molar-refractivity contribution is -0.274. The zero-order chi connectivity index (χ0) is 40.6. The second kappa shape index (κ2) is 16.0. The SMILES string of the molecule is CC1CC(c2nc(-c3ccc(-c4ccc(NC(=O)N5CCC(N6CCN(C(=O)C(C)(C)C)CC6)CC5)cc4OC(F)(F)F)cc3)c[nH]2)N(C(=O)OC(C)(C)C)C1. The maximum absolute atomic E-state index is 13.6. The number of hydrogen-bond donors (Lipinski definition) is 2. The molecule has 3 saturated heterocycles. The topological polar surface area (TPSA) is 123 Å². The lowest BCUT2D eigenvalue weighted by atomic mass is 9.94. The van der Waals surface area contributed by atoms with Crippen LogP contribution >= 0.6 is 0 Å². The molecule has 15 heteroatoms. The van der Waals surface area contributed by atoms with Gasteiger partial charge < -0.3 is 29.6 Å². The molecule has 3 aliphatic rings. The normalized spacial score (nSPS) is 20.3. The Morgan fingerprint density at radius 3 is 2.11 bits per heavy atom. The number of nitrogens with one attached hydrogen (secondary N) is 2. The van der Waals surface area contributed by atoms with Gasteiger partial charge in [0.15, 0.2) is 0 Å². The number of benzene rings is 2. The summed E-state index contributed by atoms with van der Waals surface area (Å²) in [6.45, 7) is 17.9. The number of aromatic nitrogens is 2. The minimum Gasteiger partial charge on any atom is -0.444 e. The number of urea groups is 1. The number of nitrogens with zero attached hydrogens (tertiary/aromatic N) is 5. The Bertz CT molecular complexity index is 1870. The monoisotopic (exact) mass is 781 g/mol. The molecule has 2 atom stereocenters. The molecule has 3 aromatic rings. The zero-order valence-electron chi connectivity index (χ0n) is 33.3. The van der Waals surface area contributed by atoms with Crippen LogP contribution in [0, 0.1) is 11.3 Å². The molecule has 4 amide bonds. The molecule has 0 aliphatic carbocycles. The van der Waals surface area contributed by atoms with Crippen LogP contribution in [0.2, 0.25) is 0 Å². The van der Waals surface area contributed by atoms with Crippen LogP contribution in [-0.4, -0.2) is 111 Å². The van der Waals surface area contributed by atoms with Crippen molar-refractivity contribution in [1.29, 1.82) is 0 Å². The van der Waals surface area contributed by atoms with Gasteiger partial charge in [0, 0.05) is 86.3 Å². The van der Waals surface area contributed by atoms with Gasteiger partial charge in [0.05, 0.1) is 11.7 Å². The second-order valence-corrected chi connectivity index (χ2v) is 17.2. The van der Waals surface area contributed by atoms with Gasteiger partial charge in [0.1, 0.15) is 17.2 Å². The largest absolute Gasteiger partial charge is 0.573 e. The molecule has 3 fully saturated rings. The minimum atomic E-state index is -4.96. The first-order chi connectivity index (χ1) is 26.2. The van der Waals surface area contributed by atoms with Gasteiger partial charge in [-0.15, -0.1) is 13.2 Å². The van der Waals surface area contributed by atoms with E-state index >= 15 is 0 Å². The average Bonchev–Trinajstić information content (AvgIpc) is 3.77. The fourth-order valence-electron chi connectivity index (χ4n) is 7.75. The third-order valence-electron chi connectivity index (χ3n) is 10.5. The maximum Gasteiger partial charge on any atom is 0.573 e. The van der Waals surface area contributed by atoms with Crippen LogP contribution < -0.4 is 10.1 Å². The zero-order valence-corrected chi connectivity index (χ0v) is 33.3. The molecule has 0 bridgehead atoms. The first kappa shape index (κ1) is 40.9. The highest BCUT2D eigenvalue weighted by Crippen LogP contribution is 2.39. The van der Waals surface area contributed by atoms with Crippen molar-refractivity contribution in [2.45, 2.75) is 91.8 Å². The number of piperidine rings is 1. The number of aromatic amines is 1. The number of H-pyrrole nitrogens is 1. The maximum atomic E-state index is 13.6. The van der Waals surface area contributed by atoms with Crippen LogP contribution in [0.1, 0.15) is 79.6 Å². The highest BCUT2D eigenvalue weighted by Gasteiger charge is 2.39. The van der Waals surface area contributed by atoms with E-state index in [0.29, 0.717) is 55.8 Å². The number of amides is 4. The van der Waals surface area contributed by atoms with E-state index in [2.05, 4.69) is 26.9 Å². The number of likely N-dealkylation sites (tertiary alicyclic amines) is 2. The van der Waals surface area contributed by atoms with Gasteiger partial charge in [0.25, 0.3) is 0 Å². The first-order valence-electron chi connectivity index (χ1n) is 19.4. The van der Waals surface area contributed by atoms with Gasteiger partial charge in [-0.3, -0.25) is 14.6 Å². The molecule has 2 unspecified atom stereocenters. The van der Waals surface area contributed by atoms with Crippen LogP contribution in [0.25, 0.3) is 22.4 Å². The fourth-order valence-corrected chi connectivity index (χ4v) is 7.75. The number of carbonyl (C=O) groups is 3. The molecule has 1 aromatic heterocycles. The van der Waals surface area contributed by atoms with Crippen LogP contribution in [0.3, 0.4) is 0 Å². The Kier molecular flexibility index (Phi) is 11.7. The molecular weight excluding hydrogens is 727 g/mol. The summed E-state index contributed by atoms with van der Waals surface area (Å²) < 4.78 is 51.0. The van der Waals surface area contributed by atoms with Crippen molar-refractivity contribution >= 4 is 23.7 Å². The van der Waals surface area contributed by atoms with Crippen molar-refractivity contribution in [2.24, 2.45) is 11.3 Å². The Labute approximate surface area is 326 Å². The minimum absolute atomic E-state index is 0.155. The second-order valence-electron chi connectivity index (χ2n) is 17.2. The smallest absolute Gasteiger partial charge is 0.444 e. The van der Waals surface area contributed by atoms with E-state index in [1.165, 1.54) is 12.1 Å². The van der Waals surface area contributed by atoms with Gasteiger partial charge in [-0.1, -0.05) is 52.0 Å². The predicted molar refractivity (Wildman–Crippen MR) is 207 cm³/mol. The average molecular weight is 782 g/mol. The molecule has 56 heavy (non-hydrogen) atoms. The van der Waals surface area contributed by atoms with E-state index in [4.69, 9.17) is 9.72 Å². The lowest BCUT2D eigenvalue weighted by Gasteiger charge is -2.43. The molecule has 304 valence electrons. The van der Waals surface area contributed by atoms with Crippen LogP contribution in [0.15, 0.2) is 48.7 Å². The molecule has 12 nitrogen and oxygen atoms in total. The van der Waals surface area contributed by atoms with E-state index in [9.17, 15) is 27.6 Å². The van der Waals surface area contributed by atoms with E-state index in [1.807, 2.05) is 46.4 Å². The van der Waals surface area contributed by atoms with E-state index in [1.54, 1.807) is 46.3 Å². The Hall–Kier alpha value is -4.79. The molecule has 3 aliphatic heterocycles. The molecule has 0 saturated carbocycles. The highest BCUT2D eigenvalue weighted by atomic mass is 19.4. The number of piperazine rings is 1. The molecule has 2 aromatic carbocycles. The van der Waals surface area contributed by atoms with Gasteiger partial charge in [-0.05, 0) is 63.6 Å². The number of rotatable bonds is 6. The molecule has 0 radical (unpaired) electrons. The Morgan fingerprint density at radius 1 is 0.857 bits per heavy atom. The summed E-state index contributed by atoms with van der Waals surface area (Å²) in [5.41, 5.74) is 1.18. The van der Waals surface area contributed by atoms with Crippen LogP contribution in [0.4, 0.5) is 28.4 Å². The number of ether oxygens (including phenoxy) is 2. The summed E-state index contributed by atoms with van der Waals surface area (Å²) in [6.07, 6.45) is -1.35. The Balaban J connectivity index is 1.08. The van der Waals surface area contributed by atoms with Crippen molar-refractivity contribution in [3.63, 3.8) is 0 Å². The van der Waals surface area contributed by atoms with Crippen molar-refractivity contribution < 1.29 is 37.0 Å². The number of alkyl halides is 3. The molecule has 4 heterocycles. The van der Waals surface area contributed by atoms with E-state index < -0.39 is 35.3 Å². The van der Waals surface area contributed by atoms with Crippen molar-refractivity contribution in [2.75, 3.05) is 51.1 Å². The third-order valence-corrected chi connectivity index (χ3v) is 10.5. The predicted octanol–water partition coefficient (Wildman–Crippen LogP) is 8.15. The van der Waals surface area contributed by atoms with Crippen molar-refractivity contribution in [1.82, 2.24) is 29.6 Å². The molecule has 6 rings (SSSR count). The van der Waals surface area contributed by atoms with Gasteiger partial charge in [-0.25, -0.2) is 14.6 Å². The summed E-state index contributed by atoms with van der Waals surface area (Å²) in [5, 5.41) is 2.76. The summed E-state index contributed by atoms with van der Waals surface area (Å²) in [7, 11) is 0. The third kappa shape index (κ3) is 9.95. The Morgan fingerprint density at radius 2 is 1.50 bits per heavy atom. The number of halogens is 3. The highest BCUT2D eigenvalue weighted by molar-refractivity contribution is 5.90. The molecular formula is C41H54F3N7O5. The first-order valence-corrected chi connectivity index (χ1v) is 19.4. The van der Waals surface area contributed by atoms with E-state index in [0.717, 1.165) is 37.9 Å². The number of anilines is 1. The van der Waals surface area contributed by atoms with Gasteiger partial charge >= 0.3 is 18.5 Å². The van der Waals surface area contributed by atoms with Crippen molar-refractivity contribution in [3.8, 4) is 28.1 Å². The number of hydrogen-bond acceptors (Lipinski definition) is 7. The summed E-state index contributed by atoms with van der Waals surface area (Å²) in [5.74, 6) is 0.607. The summed E-state index contributed by atoms with van der Waals surface area (Å²) in [4.78, 5) is 54.6.